The Hall–Kier alpha value is -1.89. The third-order valence-electron chi connectivity index (χ3n) is 4.34. The van der Waals surface area contributed by atoms with E-state index in [2.05, 4.69) is 15.2 Å². The molecule has 1 aromatic heterocycles. The molecule has 0 radical (unpaired) electrons. The summed E-state index contributed by atoms with van der Waals surface area (Å²) in [7, 11) is 0. The van der Waals surface area contributed by atoms with Gasteiger partial charge in [0.1, 0.15) is 5.52 Å². The van der Waals surface area contributed by atoms with Crippen molar-refractivity contribution in [2.24, 2.45) is 0 Å². The fourth-order valence-electron chi connectivity index (χ4n) is 3.10. The Bertz CT molecular complexity index is 986. The van der Waals surface area contributed by atoms with Crippen LogP contribution in [0.1, 0.15) is 12.8 Å². The van der Waals surface area contributed by atoms with E-state index in [0.29, 0.717) is 26.4 Å². The van der Waals surface area contributed by atoms with E-state index in [-0.39, 0.29) is 11.7 Å². The van der Waals surface area contributed by atoms with Gasteiger partial charge in [0.05, 0.1) is 17.1 Å². The Kier molecular flexibility index (Phi) is 5.48. The summed E-state index contributed by atoms with van der Waals surface area (Å²) in [5.74, 6) is 0.0509. The van der Waals surface area contributed by atoms with E-state index < -0.39 is 0 Å². The summed E-state index contributed by atoms with van der Waals surface area (Å²) in [5, 5.41) is 4.60. The molecule has 1 amide bonds. The SMILES string of the molecule is O=C(CSc1nc2cc(Cl)ccc2o1)Nc1cc(Cl)ccc1N1CCCC1. The van der Waals surface area contributed by atoms with Gasteiger partial charge in [-0.2, -0.15) is 0 Å². The largest absolute Gasteiger partial charge is 0.431 e. The fraction of sp³-hybridized carbons (Fsp3) is 0.263. The van der Waals surface area contributed by atoms with E-state index in [4.69, 9.17) is 27.6 Å². The minimum Gasteiger partial charge on any atom is -0.431 e. The van der Waals surface area contributed by atoms with Crippen LogP contribution in [-0.4, -0.2) is 29.7 Å². The molecule has 0 spiro atoms. The highest BCUT2D eigenvalue weighted by molar-refractivity contribution is 7.99. The van der Waals surface area contributed by atoms with Crippen molar-refractivity contribution in [3.63, 3.8) is 0 Å². The number of oxazole rings is 1. The van der Waals surface area contributed by atoms with Crippen LogP contribution in [0.2, 0.25) is 10.0 Å². The molecule has 5 nitrogen and oxygen atoms in total. The first-order chi connectivity index (χ1) is 13.1. The molecule has 3 aromatic rings. The standard InChI is InChI=1S/C19H17Cl2N3O2S/c20-12-3-5-16(24-7-1-2-8-24)14(9-12)22-18(25)11-27-19-23-15-10-13(21)4-6-17(15)26-19/h3-6,9-10H,1-2,7-8,11H2,(H,22,25). The predicted molar refractivity (Wildman–Crippen MR) is 111 cm³/mol. The summed E-state index contributed by atoms with van der Waals surface area (Å²) in [5.41, 5.74) is 3.07. The van der Waals surface area contributed by atoms with Crippen molar-refractivity contribution in [2.75, 3.05) is 29.1 Å². The molecule has 1 aliphatic rings. The number of carbonyl (C=O) groups is 1. The maximum atomic E-state index is 12.4. The second kappa shape index (κ2) is 8.00. The Morgan fingerprint density at radius 2 is 1.89 bits per heavy atom. The van der Waals surface area contributed by atoms with Gasteiger partial charge in [0.15, 0.2) is 5.58 Å². The Balaban J connectivity index is 1.43. The molecule has 2 heterocycles. The average molecular weight is 422 g/mol. The molecule has 1 aliphatic heterocycles. The van der Waals surface area contributed by atoms with Crippen molar-refractivity contribution in [3.8, 4) is 0 Å². The monoisotopic (exact) mass is 421 g/mol. The van der Waals surface area contributed by atoms with Crippen LogP contribution in [0.4, 0.5) is 11.4 Å². The van der Waals surface area contributed by atoms with Gasteiger partial charge in [-0.3, -0.25) is 4.79 Å². The van der Waals surface area contributed by atoms with Crippen molar-refractivity contribution in [3.05, 3.63) is 46.4 Å². The number of aromatic nitrogens is 1. The van der Waals surface area contributed by atoms with Gasteiger partial charge >= 0.3 is 0 Å². The van der Waals surface area contributed by atoms with Crippen LogP contribution in [0.5, 0.6) is 0 Å². The highest BCUT2D eigenvalue weighted by atomic mass is 35.5. The summed E-state index contributed by atoms with van der Waals surface area (Å²) < 4.78 is 5.63. The van der Waals surface area contributed by atoms with Crippen molar-refractivity contribution in [1.29, 1.82) is 0 Å². The first kappa shape index (κ1) is 18.5. The summed E-state index contributed by atoms with van der Waals surface area (Å²) in [6.07, 6.45) is 2.32. The molecule has 0 saturated carbocycles. The summed E-state index contributed by atoms with van der Waals surface area (Å²) >= 11 is 13.3. The number of anilines is 2. The van der Waals surface area contributed by atoms with E-state index in [9.17, 15) is 4.79 Å². The average Bonchev–Trinajstić information content (AvgIpc) is 3.29. The molecule has 1 saturated heterocycles. The van der Waals surface area contributed by atoms with E-state index in [1.54, 1.807) is 24.3 Å². The first-order valence-corrected chi connectivity index (χ1v) is 10.4. The maximum absolute atomic E-state index is 12.4. The third-order valence-corrected chi connectivity index (χ3v) is 5.63. The molecule has 8 heteroatoms. The zero-order valence-electron chi connectivity index (χ0n) is 14.4. The van der Waals surface area contributed by atoms with E-state index in [0.717, 1.165) is 37.3 Å². The van der Waals surface area contributed by atoms with E-state index in [1.807, 2.05) is 12.1 Å². The molecule has 1 fully saturated rings. The molecular weight excluding hydrogens is 405 g/mol. The molecule has 27 heavy (non-hydrogen) atoms. The summed E-state index contributed by atoms with van der Waals surface area (Å²) in [6, 6.07) is 10.8. The van der Waals surface area contributed by atoms with Crippen LogP contribution in [0.15, 0.2) is 46.0 Å². The zero-order chi connectivity index (χ0) is 18.8. The van der Waals surface area contributed by atoms with E-state index >= 15 is 0 Å². The van der Waals surface area contributed by atoms with Crippen LogP contribution in [0.3, 0.4) is 0 Å². The Morgan fingerprint density at radius 3 is 2.70 bits per heavy atom. The van der Waals surface area contributed by atoms with Crippen LogP contribution >= 0.6 is 35.0 Å². The van der Waals surface area contributed by atoms with Gasteiger partial charge in [-0.15, -0.1) is 0 Å². The number of amides is 1. The van der Waals surface area contributed by atoms with Gasteiger partial charge < -0.3 is 14.6 Å². The number of nitrogens with one attached hydrogen (secondary N) is 1. The fourth-order valence-corrected chi connectivity index (χ4v) is 4.07. The number of thioether (sulfide) groups is 1. The lowest BCUT2D eigenvalue weighted by Gasteiger charge is -2.21. The van der Waals surface area contributed by atoms with Gasteiger partial charge in [-0.25, -0.2) is 4.98 Å². The normalized spacial score (nSPS) is 14.1. The molecule has 2 aromatic carbocycles. The zero-order valence-corrected chi connectivity index (χ0v) is 16.7. The van der Waals surface area contributed by atoms with Crippen molar-refractivity contribution >= 4 is 63.3 Å². The summed E-state index contributed by atoms with van der Waals surface area (Å²) in [6.45, 7) is 1.98. The number of hydrogen-bond donors (Lipinski definition) is 1. The number of hydrogen-bond acceptors (Lipinski definition) is 5. The molecular formula is C19H17Cl2N3O2S. The summed E-state index contributed by atoms with van der Waals surface area (Å²) in [4.78, 5) is 19.1. The molecule has 0 aliphatic carbocycles. The quantitative estimate of drug-likeness (QED) is 0.553. The van der Waals surface area contributed by atoms with Crippen molar-refractivity contribution < 1.29 is 9.21 Å². The number of carbonyl (C=O) groups excluding carboxylic acids is 1. The van der Waals surface area contributed by atoms with Gasteiger partial charge in [-0.1, -0.05) is 35.0 Å². The van der Waals surface area contributed by atoms with E-state index in [1.165, 1.54) is 11.8 Å². The van der Waals surface area contributed by atoms with Gasteiger partial charge in [0, 0.05) is 23.1 Å². The lowest BCUT2D eigenvalue weighted by atomic mass is 10.2. The van der Waals surface area contributed by atoms with Gasteiger partial charge in [0.2, 0.25) is 5.91 Å². The Morgan fingerprint density at radius 1 is 1.15 bits per heavy atom. The number of nitrogens with zero attached hydrogens (tertiary/aromatic N) is 2. The highest BCUT2D eigenvalue weighted by Gasteiger charge is 2.18. The third kappa shape index (κ3) is 4.34. The first-order valence-electron chi connectivity index (χ1n) is 8.62. The minimum absolute atomic E-state index is 0.136. The Labute approximate surface area is 171 Å². The number of halogens is 2. The maximum Gasteiger partial charge on any atom is 0.257 e. The van der Waals surface area contributed by atoms with Crippen molar-refractivity contribution in [2.45, 2.75) is 18.1 Å². The lowest BCUT2D eigenvalue weighted by molar-refractivity contribution is -0.113. The number of rotatable bonds is 5. The molecule has 1 N–H and O–H groups in total. The van der Waals surface area contributed by atoms with Gasteiger partial charge in [-0.05, 0) is 49.2 Å². The second-order valence-electron chi connectivity index (χ2n) is 6.28. The van der Waals surface area contributed by atoms with Crippen LogP contribution < -0.4 is 10.2 Å². The second-order valence-corrected chi connectivity index (χ2v) is 8.08. The molecule has 4 rings (SSSR count). The molecule has 0 atom stereocenters. The smallest absolute Gasteiger partial charge is 0.257 e. The van der Waals surface area contributed by atoms with Crippen LogP contribution in [0.25, 0.3) is 11.1 Å². The molecule has 140 valence electrons. The number of benzene rings is 2. The minimum atomic E-state index is -0.136. The molecule has 0 bridgehead atoms. The predicted octanol–water partition coefficient (Wildman–Crippen LogP) is 5.47. The van der Waals surface area contributed by atoms with Gasteiger partial charge in [0.25, 0.3) is 5.22 Å². The van der Waals surface area contributed by atoms with Crippen molar-refractivity contribution in [1.82, 2.24) is 4.98 Å². The molecule has 0 unspecified atom stereocenters. The van der Waals surface area contributed by atoms with Crippen LogP contribution in [-0.2, 0) is 4.79 Å². The lowest BCUT2D eigenvalue weighted by Crippen LogP contribution is -2.21. The topological polar surface area (TPSA) is 58.4 Å². The highest BCUT2D eigenvalue weighted by Crippen LogP contribution is 2.32. The number of fused-ring (bicyclic) bond motifs is 1. The van der Waals surface area contributed by atoms with Crippen LogP contribution in [0, 0.1) is 0 Å².